The highest BCUT2D eigenvalue weighted by atomic mass is 16.5. The number of piperidine rings is 1. The van der Waals surface area contributed by atoms with Crippen molar-refractivity contribution in [1.82, 2.24) is 9.88 Å². The standard InChI is InChI=1S/C21H32N2O3/c1-2-3-7-20(24)23-13-10-21(11-14-23)18(9-16-26-21)8-15-25-17-19-6-4-5-12-22-19/h4-6,12,18H,2-3,7-11,13-17H2,1H3/t18-/m1/s1. The van der Waals surface area contributed by atoms with Gasteiger partial charge in [0.15, 0.2) is 0 Å². The second kappa shape index (κ2) is 9.47. The normalized spacial score (nSPS) is 22.0. The van der Waals surface area contributed by atoms with Crippen LogP contribution in [-0.4, -0.2) is 47.7 Å². The number of aromatic nitrogens is 1. The van der Waals surface area contributed by atoms with Crippen LogP contribution in [0.25, 0.3) is 0 Å². The molecule has 5 nitrogen and oxygen atoms in total. The van der Waals surface area contributed by atoms with Gasteiger partial charge in [-0.1, -0.05) is 19.4 Å². The van der Waals surface area contributed by atoms with Crippen LogP contribution in [0.3, 0.4) is 0 Å². The van der Waals surface area contributed by atoms with Crippen molar-refractivity contribution in [3.8, 4) is 0 Å². The fourth-order valence-corrected chi connectivity index (χ4v) is 4.25. The van der Waals surface area contributed by atoms with Crippen molar-refractivity contribution in [2.45, 2.75) is 64.1 Å². The highest BCUT2D eigenvalue weighted by Crippen LogP contribution is 2.42. The summed E-state index contributed by atoms with van der Waals surface area (Å²) in [6.07, 6.45) is 8.63. The molecule has 2 aliphatic rings. The topological polar surface area (TPSA) is 51.7 Å². The van der Waals surface area contributed by atoms with Gasteiger partial charge in [-0.15, -0.1) is 0 Å². The number of nitrogens with zero attached hydrogens (tertiary/aromatic N) is 2. The number of carbonyl (C=O) groups is 1. The van der Waals surface area contributed by atoms with Gasteiger partial charge in [-0.3, -0.25) is 9.78 Å². The van der Waals surface area contributed by atoms with E-state index in [1.165, 1.54) is 0 Å². The highest BCUT2D eigenvalue weighted by molar-refractivity contribution is 5.76. The number of likely N-dealkylation sites (tertiary alicyclic amines) is 1. The molecule has 1 aromatic heterocycles. The Balaban J connectivity index is 1.42. The molecule has 5 heteroatoms. The van der Waals surface area contributed by atoms with Crippen LogP contribution in [0.1, 0.15) is 57.6 Å². The quantitative estimate of drug-likeness (QED) is 0.665. The summed E-state index contributed by atoms with van der Waals surface area (Å²) in [4.78, 5) is 18.6. The zero-order valence-electron chi connectivity index (χ0n) is 16.0. The van der Waals surface area contributed by atoms with Gasteiger partial charge >= 0.3 is 0 Å². The first kappa shape index (κ1) is 19.3. The smallest absolute Gasteiger partial charge is 0.222 e. The molecule has 0 unspecified atom stereocenters. The maximum Gasteiger partial charge on any atom is 0.222 e. The van der Waals surface area contributed by atoms with Gasteiger partial charge in [0.1, 0.15) is 0 Å². The predicted molar refractivity (Wildman–Crippen MR) is 101 cm³/mol. The molecule has 26 heavy (non-hydrogen) atoms. The first-order valence-corrected chi connectivity index (χ1v) is 10.1. The van der Waals surface area contributed by atoms with Gasteiger partial charge in [0, 0.05) is 38.9 Å². The molecule has 0 radical (unpaired) electrons. The minimum atomic E-state index is -0.0319. The summed E-state index contributed by atoms with van der Waals surface area (Å²) in [5, 5.41) is 0. The van der Waals surface area contributed by atoms with Crippen molar-refractivity contribution in [3.63, 3.8) is 0 Å². The van der Waals surface area contributed by atoms with Crippen LogP contribution in [0.15, 0.2) is 24.4 Å². The summed E-state index contributed by atoms with van der Waals surface area (Å²) in [7, 11) is 0. The maximum absolute atomic E-state index is 12.2. The first-order valence-electron chi connectivity index (χ1n) is 10.1. The third kappa shape index (κ3) is 4.83. The second-order valence-electron chi connectivity index (χ2n) is 7.55. The Morgan fingerprint density at radius 3 is 2.96 bits per heavy atom. The highest BCUT2D eigenvalue weighted by Gasteiger charge is 2.46. The fourth-order valence-electron chi connectivity index (χ4n) is 4.25. The van der Waals surface area contributed by atoms with E-state index in [4.69, 9.17) is 9.47 Å². The van der Waals surface area contributed by atoms with Gasteiger partial charge in [-0.2, -0.15) is 0 Å². The SMILES string of the molecule is CCCCC(=O)N1CCC2(CC1)OCC[C@H]2CCOCc1ccccn1. The Morgan fingerprint density at radius 1 is 1.38 bits per heavy atom. The molecule has 3 rings (SSSR count). The van der Waals surface area contributed by atoms with Crippen LogP contribution in [0.4, 0.5) is 0 Å². The van der Waals surface area contributed by atoms with Gasteiger partial charge < -0.3 is 14.4 Å². The summed E-state index contributed by atoms with van der Waals surface area (Å²) < 4.78 is 12.0. The lowest BCUT2D eigenvalue weighted by Crippen LogP contribution is -2.49. The van der Waals surface area contributed by atoms with Crippen LogP contribution in [0.2, 0.25) is 0 Å². The number of hydrogen-bond donors (Lipinski definition) is 0. The van der Waals surface area contributed by atoms with Crippen molar-refractivity contribution in [3.05, 3.63) is 30.1 Å². The second-order valence-corrected chi connectivity index (χ2v) is 7.55. The Labute approximate surface area is 157 Å². The zero-order chi connectivity index (χ0) is 18.2. The molecule has 2 aliphatic heterocycles. The van der Waals surface area contributed by atoms with Crippen LogP contribution in [0, 0.1) is 5.92 Å². The summed E-state index contributed by atoms with van der Waals surface area (Å²) in [5.41, 5.74) is 0.944. The van der Waals surface area contributed by atoms with E-state index >= 15 is 0 Å². The van der Waals surface area contributed by atoms with Gasteiger partial charge in [-0.25, -0.2) is 0 Å². The largest absolute Gasteiger partial charge is 0.375 e. The Morgan fingerprint density at radius 2 is 2.23 bits per heavy atom. The van der Waals surface area contributed by atoms with E-state index in [0.717, 1.165) is 70.5 Å². The molecule has 2 fully saturated rings. The van der Waals surface area contributed by atoms with E-state index in [1.54, 1.807) is 6.20 Å². The van der Waals surface area contributed by atoms with E-state index in [9.17, 15) is 4.79 Å². The number of carbonyl (C=O) groups excluding carboxylic acids is 1. The molecule has 0 N–H and O–H groups in total. The zero-order valence-corrected chi connectivity index (χ0v) is 16.0. The average Bonchev–Trinajstić information content (AvgIpc) is 3.06. The number of hydrogen-bond acceptors (Lipinski definition) is 4. The molecule has 1 spiro atoms. The molecule has 0 aliphatic carbocycles. The molecule has 1 aromatic rings. The molecule has 2 saturated heterocycles. The van der Waals surface area contributed by atoms with E-state index in [1.807, 2.05) is 23.1 Å². The number of unbranched alkanes of at least 4 members (excludes halogenated alkanes) is 1. The molecule has 3 heterocycles. The van der Waals surface area contributed by atoms with Crippen LogP contribution in [0.5, 0.6) is 0 Å². The van der Waals surface area contributed by atoms with Crippen LogP contribution in [-0.2, 0) is 20.9 Å². The maximum atomic E-state index is 12.2. The molecular weight excluding hydrogens is 328 g/mol. The molecule has 144 valence electrons. The Hall–Kier alpha value is -1.46. The minimum absolute atomic E-state index is 0.0319. The Bertz CT molecular complexity index is 556. The lowest BCUT2D eigenvalue weighted by atomic mass is 9.78. The van der Waals surface area contributed by atoms with Crippen molar-refractivity contribution >= 4 is 5.91 Å². The number of rotatable bonds is 8. The van der Waals surface area contributed by atoms with Gasteiger partial charge in [0.05, 0.1) is 17.9 Å². The fraction of sp³-hybridized carbons (Fsp3) is 0.714. The molecular formula is C21H32N2O3. The Kier molecular flexibility index (Phi) is 7.03. The van der Waals surface area contributed by atoms with Crippen LogP contribution < -0.4 is 0 Å². The number of ether oxygens (including phenoxy) is 2. The predicted octanol–water partition coefficient (Wildman–Crippen LogP) is 3.58. The average molecular weight is 360 g/mol. The van der Waals surface area contributed by atoms with Gasteiger partial charge in [0.25, 0.3) is 0 Å². The molecule has 1 amide bonds. The summed E-state index contributed by atoms with van der Waals surface area (Å²) in [6.45, 7) is 5.97. The van der Waals surface area contributed by atoms with E-state index < -0.39 is 0 Å². The lowest BCUT2D eigenvalue weighted by molar-refractivity contribution is -0.137. The summed E-state index contributed by atoms with van der Waals surface area (Å²) in [6, 6.07) is 5.90. The molecule has 0 bridgehead atoms. The van der Waals surface area contributed by atoms with Crippen molar-refractivity contribution < 1.29 is 14.3 Å². The van der Waals surface area contributed by atoms with Gasteiger partial charge in [0.2, 0.25) is 5.91 Å². The first-order chi connectivity index (χ1) is 12.7. The molecule has 0 saturated carbocycles. The summed E-state index contributed by atoms with van der Waals surface area (Å²) >= 11 is 0. The summed E-state index contributed by atoms with van der Waals surface area (Å²) in [5.74, 6) is 0.856. The van der Waals surface area contributed by atoms with E-state index in [2.05, 4.69) is 11.9 Å². The lowest BCUT2D eigenvalue weighted by Gasteiger charge is -2.42. The molecule has 1 atom stereocenters. The van der Waals surface area contributed by atoms with E-state index in [-0.39, 0.29) is 5.60 Å². The van der Waals surface area contributed by atoms with E-state index in [0.29, 0.717) is 24.9 Å². The number of amides is 1. The minimum Gasteiger partial charge on any atom is -0.375 e. The third-order valence-electron chi connectivity index (χ3n) is 5.89. The number of pyridine rings is 1. The van der Waals surface area contributed by atoms with Gasteiger partial charge in [-0.05, 0) is 50.2 Å². The monoisotopic (exact) mass is 360 g/mol. The van der Waals surface area contributed by atoms with Crippen molar-refractivity contribution in [2.24, 2.45) is 5.92 Å². The van der Waals surface area contributed by atoms with Crippen molar-refractivity contribution in [1.29, 1.82) is 0 Å². The third-order valence-corrected chi connectivity index (χ3v) is 5.89. The molecule has 0 aromatic carbocycles. The van der Waals surface area contributed by atoms with Crippen LogP contribution >= 0.6 is 0 Å². The van der Waals surface area contributed by atoms with Crippen molar-refractivity contribution in [2.75, 3.05) is 26.3 Å².